The predicted octanol–water partition coefficient (Wildman–Crippen LogP) is -0.648. The van der Waals surface area contributed by atoms with Gasteiger partial charge < -0.3 is 4.74 Å². The van der Waals surface area contributed by atoms with E-state index in [0.717, 1.165) is 0 Å². The van der Waals surface area contributed by atoms with Crippen LogP contribution in [0.15, 0.2) is 29.2 Å². The van der Waals surface area contributed by atoms with Crippen LogP contribution in [0.5, 0.6) is 5.75 Å². The summed E-state index contributed by atoms with van der Waals surface area (Å²) in [6.07, 6.45) is 0. The predicted molar refractivity (Wildman–Crippen MR) is 65.1 cm³/mol. The van der Waals surface area contributed by atoms with E-state index in [-0.39, 0.29) is 4.90 Å². The van der Waals surface area contributed by atoms with Gasteiger partial charge in [0.05, 0.1) is 18.0 Å². The third kappa shape index (κ3) is 3.42. The second-order valence-electron chi connectivity index (χ2n) is 3.53. The molecule has 0 aromatic heterocycles. The number of sulfonamides is 1. The first-order valence-electron chi connectivity index (χ1n) is 5.07. The summed E-state index contributed by atoms with van der Waals surface area (Å²) in [7, 11) is -2.28. The molecule has 1 amide bonds. The fourth-order valence-electron chi connectivity index (χ4n) is 1.23. The highest BCUT2D eigenvalue weighted by Crippen LogP contribution is 2.15. The minimum Gasteiger partial charge on any atom is -0.497 e. The first kappa shape index (κ1) is 14.4. The summed E-state index contributed by atoms with van der Waals surface area (Å²) in [5, 5.41) is 0. The molecule has 8 heteroatoms. The van der Waals surface area contributed by atoms with Crippen molar-refractivity contribution >= 4 is 15.9 Å². The minimum atomic E-state index is -3.76. The average Bonchev–Trinajstić information content (AvgIpc) is 2.37. The molecule has 7 nitrogen and oxygen atoms in total. The summed E-state index contributed by atoms with van der Waals surface area (Å²) in [6, 6.07) is 4.84. The van der Waals surface area contributed by atoms with Gasteiger partial charge in [0.2, 0.25) is 10.0 Å². The molecule has 0 saturated heterocycles. The molecular formula is C10H15N3O4S. The van der Waals surface area contributed by atoms with Crippen LogP contribution in [-0.4, -0.2) is 27.5 Å². The lowest BCUT2D eigenvalue weighted by Crippen LogP contribution is -2.47. The number of carbonyl (C=O) groups excluding carboxylic acids is 1. The van der Waals surface area contributed by atoms with Crippen molar-refractivity contribution in [2.24, 2.45) is 5.84 Å². The van der Waals surface area contributed by atoms with Crippen LogP contribution in [-0.2, 0) is 14.8 Å². The van der Waals surface area contributed by atoms with Crippen LogP contribution in [0.3, 0.4) is 0 Å². The molecule has 1 aromatic carbocycles. The van der Waals surface area contributed by atoms with Crippen molar-refractivity contribution < 1.29 is 17.9 Å². The fraction of sp³-hybridized carbons (Fsp3) is 0.300. The lowest BCUT2D eigenvalue weighted by Gasteiger charge is -2.12. The zero-order chi connectivity index (χ0) is 13.8. The highest BCUT2D eigenvalue weighted by Gasteiger charge is 2.21. The van der Waals surface area contributed by atoms with Gasteiger partial charge in [0.15, 0.2) is 0 Å². The second kappa shape index (κ2) is 5.80. The van der Waals surface area contributed by atoms with E-state index in [1.54, 1.807) is 0 Å². The number of carbonyl (C=O) groups is 1. The molecular weight excluding hydrogens is 258 g/mol. The van der Waals surface area contributed by atoms with Crippen molar-refractivity contribution in [1.29, 1.82) is 0 Å². The SMILES string of the molecule is COc1ccc(S(=O)(=O)N[C@@H](C)C(=O)NN)cc1. The first-order chi connectivity index (χ1) is 8.40. The van der Waals surface area contributed by atoms with Gasteiger partial charge in [-0.2, -0.15) is 4.72 Å². The molecule has 0 saturated carbocycles. The summed E-state index contributed by atoms with van der Waals surface area (Å²) < 4.78 is 30.9. The van der Waals surface area contributed by atoms with Gasteiger partial charge in [-0.1, -0.05) is 0 Å². The molecule has 1 atom stereocenters. The maximum absolute atomic E-state index is 11.9. The van der Waals surface area contributed by atoms with Crippen LogP contribution in [0.25, 0.3) is 0 Å². The fourth-order valence-corrected chi connectivity index (χ4v) is 2.44. The van der Waals surface area contributed by atoms with E-state index < -0.39 is 22.0 Å². The van der Waals surface area contributed by atoms with Crippen molar-refractivity contribution in [2.45, 2.75) is 17.9 Å². The lowest BCUT2D eigenvalue weighted by molar-refractivity contribution is -0.122. The van der Waals surface area contributed by atoms with Gasteiger partial charge in [0, 0.05) is 0 Å². The van der Waals surface area contributed by atoms with Crippen LogP contribution < -0.4 is 20.7 Å². The van der Waals surface area contributed by atoms with Crippen molar-refractivity contribution in [3.8, 4) is 5.75 Å². The third-order valence-electron chi connectivity index (χ3n) is 2.24. The molecule has 1 aromatic rings. The van der Waals surface area contributed by atoms with E-state index >= 15 is 0 Å². The van der Waals surface area contributed by atoms with E-state index in [1.165, 1.54) is 38.3 Å². The van der Waals surface area contributed by atoms with Crippen molar-refractivity contribution in [3.63, 3.8) is 0 Å². The molecule has 0 unspecified atom stereocenters. The second-order valence-corrected chi connectivity index (χ2v) is 5.24. The number of benzene rings is 1. The summed E-state index contributed by atoms with van der Waals surface area (Å²) in [5.41, 5.74) is 1.87. The Balaban J connectivity index is 2.89. The largest absolute Gasteiger partial charge is 0.497 e. The summed E-state index contributed by atoms with van der Waals surface area (Å²) >= 11 is 0. The highest BCUT2D eigenvalue weighted by molar-refractivity contribution is 7.89. The lowest BCUT2D eigenvalue weighted by atomic mass is 10.3. The van der Waals surface area contributed by atoms with Crippen molar-refractivity contribution in [3.05, 3.63) is 24.3 Å². The standard InChI is InChI=1S/C10H15N3O4S/c1-7(10(14)12-11)13-18(15,16)9-5-3-8(17-2)4-6-9/h3-7,13H,11H2,1-2H3,(H,12,14)/t7-/m0/s1. The Labute approximate surface area is 105 Å². The smallest absolute Gasteiger partial charge is 0.251 e. The van der Waals surface area contributed by atoms with Crippen LogP contribution in [0.4, 0.5) is 0 Å². The number of ether oxygens (including phenoxy) is 1. The molecule has 0 aliphatic carbocycles. The maximum atomic E-state index is 11.9. The quantitative estimate of drug-likeness (QED) is 0.375. The Hall–Kier alpha value is -1.64. The van der Waals surface area contributed by atoms with Gasteiger partial charge in [0.25, 0.3) is 5.91 Å². The molecule has 0 heterocycles. The molecule has 0 bridgehead atoms. The van der Waals surface area contributed by atoms with Crippen LogP contribution in [0, 0.1) is 0 Å². The summed E-state index contributed by atoms with van der Waals surface area (Å²) in [6.45, 7) is 1.39. The molecule has 0 radical (unpaired) electrons. The molecule has 1 rings (SSSR count). The number of methoxy groups -OCH3 is 1. The van der Waals surface area contributed by atoms with Gasteiger partial charge in [-0.3, -0.25) is 10.2 Å². The van der Waals surface area contributed by atoms with Crippen molar-refractivity contribution in [2.75, 3.05) is 7.11 Å². The van der Waals surface area contributed by atoms with E-state index in [4.69, 9.17) is 10.6 Å². The Kier molecular flexibility index (Phi) is 4.65. The molecule has 0 spiro atoms. The summed E-state index contributed by atoms with van der Waals surface area (Å²) in [4.78, 5) is 11.2. The highest BCUT2D eigenvalue weighted by atomic mass is 32.2. The van der Waals surface area contributed by atoms with Crippen LogP contribution in [0.1, 0.15) is 6.92 Å². The Morgan fingerprint density at radius 3 is 2.33 bits per heavy atom. The number of hydrogen-bond donors (Lipinski definition) is 3. The summed E-state index contributed by atoms with van der Waals surface area (Å²) in [5.74, 6) is 4.84. The molecule has 0 aliphatic rings. The van der Waals surface area contributed by atoms with Crippen molar-refractivity contribution in [1.82, 2.24) is 10.1 Å². The molecule has 18 heavy (non-hydrogen) atoms. The number of hydrogen-bond acceptors (Lipinski definition) is 5. The Bertz CT molecular complexity index is 512. The molecule has 4 N–H and O–H groups in total. The van der Waals surface area contributed by atoms with Gasteiger partial charge in [-0.25, -0.2) is 14.3 Å². The van der Waals surface area contributed by atoms with Crippen LogP contribution in [0.2, 0.25) is 0 Å². The minimum absolute atomic E-state index is 0.0416. The number of rotatable bonds is 5. The zero-order valence-corrected chi connectivity index (χ0v) is 10.8. The maximum Gasteiger partial charge on any atom is 0.251 e. The van der Waals surface area contributed by atoms with Gasteiger partial charge in [-0.05, 0) is 31.2 Å². The van der Waals surface area contributed by atoms with E-state index in [9.17, 15) is 13.2 Å². The molecule has 100 valence electrons. The Morgan fingerprint density at radius 2 is 1.89 bits per heavy atom. The van der Waals surface area contributed by atoms with E-state index in [1.807, 2.05) is 5.43 Å². The van der Waals surface area contributed by atoms with E-state index in [2.05, 4.69) is 4.72 Å². The van der Waals surface area contributed by atoms with Gasteiger partial charge in [-0.15, -0.1) is 0 Å². The third-order valence-corrected chi connectivity index (χ3v) is 3.79. The zero-order valence-electron chi connectivity index (χ0n) is 10.0. The van der Waals surface area contributed by atoms with E-state index in [0.29, 0.717) is 5.75 Å². The Morgan fingerprint density at radius 1 is 1.33 bits per heavy atom. The number of nitrogens with one attached hydrogen (secondary N) is 2. The molecule has 0 fully saturated rings. The number of hydrazine groups is 1. The van der Waals surface area contributed by atoms with Gasteiger partial charge in [0.1, 0.15) is 5.75 Å². The monoisotopic (exact) mass is 273 g/mol. The topological polar surface area (TPSA) is 111 Å². The molecule has 0 aliphatic heterocycles. The van der Waals surface area contributed by atoms with Crippen LogP contribution >= 0.6 is 0 Å². The number of amides is 1. The normalized spacial score (nSPS) is 12.8. The first-order valence-corrected chi connectivity index (χ1v) is 6.56. The number of nitrogens with two attached hydrogens (primary N) is 1. The average molecular weight is 273 g/mol. The van der Waals surface area contributed by atoms with Gasteiger partial charge >= 0.3 is 0 Å².